The molecule has 82 valence electrons. The van der Waals surface area contributed by atoms with Crippen LogP contribution < -0.4 is 0 Å². The highest BCUT2D eigenvalue weighted by Crippen LogP contribution is 2.08. The molecule has 0 rings (SSSR count). The summed E-state index contributed by atoms with van der Waals surface area (Å²) in [7, 11) is 0. The van der Waals surface area contributed by atoms with E-state index in [1.54, 1.807) is 19.9 Å². The molecule has 0 bridgehead atoms. The van der Waals surface area contributed by atoms with Gasteiger partial charge in [0, 0.05) is 0 Å². The second-order valence-corrected chi connectivity index (χ2v) is 3.49. The molecule has 3 nitrogen and oxygen atoms in total. The van der Waals surface area contributed by atoms with Gasteiger partial charge < -0.3 is 4.74 Å². The molecule has 0 aliphatic carbocycles. The summed E-state index contributed by atoms with van der Waals surface area (Å²) in [5, 5.41) is 8.82. The highest BCUT2D eigenvalue weighted by atomic mass is 16.5. The van der Waals surface area contributed by atoms with Crippen LogP contribution in [0.5, 0.6) is 0 Å². The van der Waals surface area contributed by atoms with Gasteiger partial charge >= 0.3 is 5.97 Å². The van der Waals surface area contributed by atoms with Crippen LogP contribution in [0, 0.1) is 17.2 Å². The highest BCUT2D eigenvalue weighted by Gasteiger charge is 2.11. The van der Waals surface area contributed by atoms with Crippen molar-refractivity contribution in [1.29, 1.82) is 5.26 Å². The summed E-state index contributed by atoms with van der Waals surface area (Å²) in [5.41, 5.74) is 0.721. The van der Waals surface area contributed by atoms with Crippen molar-refractivity contribution in [3.63, 3.8) is 0 Å². The largest absolute Gasteiger partial charge is 0.462 e. The van der Waals surface area contributed by atoms with Crippen LogP contribution in [0.15, 0.2) is 23.3 Å². The zero-order chi connectivity index (χ0) is 11.8. The first-order valence-electron chi connectivity index (χ1n) is 4.99. The number of allylic oxidation sites excluding steroid dienone is 3. The van der Waals surface area contributed by atoms with E-state index >= 15 is 0 Å². The molecule has 0 amide bonds. The lowest BCUT2D eigenvalue weighted by molar-refractivity contribution is -0.138. The highest BCUT2D eigenvalue weighted by molar-refractivity contribution is 5.94. The van der Waals surface area contributed by atoms with Crippen LogP contribution in [-0.4, -0.2) is 12.6 Å². The number of rotatable bonds is 4. The molecule has 15 heavy (non-hydrogen) atoms. The van der Waals surface area contributed by atoms with Gasteiger partial charge in [0.1, 0.15) is 11.6 Å². The van der Waals surface area contributed by atoms with Gasteiger partial charge in [-0.3, -0.25) is 0 Å². The standard InChI is InChI=1S/C12H17NO2/c1-5-15-12(14)11(8-13)10(4)7-6-9(2)3/h6-7,9H,5H2,1-4H3/b7-6+,11-10+. The van der Waals surface area contributed by atoms with E-state index in [2.05, 4.69) is 0 Å². The SMILES string of the molecule is CCOC(=O)/C(C#N)=C(C)/C=C/C(C)C. The molecular formula is C12H17NO2. The average molecular weight is 207 g/mol. The fourth-order valence-corrected chi connectivity index (χ4v) is 0.918. The van der Waals surface area contributed by atoms with Gasteiger partial charge in [0.05, 0.1) is 6.61 Å². The van der Waals surface area contributed by atoms with Gasteiger partial charge in [-0.15, -0.1) is 0 Å². The molecule has 0 aliphatic rings. The minimum Gasteiger partial charge on any atom is -0.462 e. The first kappa shape index (κ1) is 13.4. The lowest BCUT2D eigenvalue weighted by Gasteiger charge is -2.02. The second kappa shape index (κ2) is 6.83. The molecule has 0 aromatic carbocycles. The maximum Gasteiger partial charge on any atom is 0.349 e. The third-order valence-electron chi connectivity index (χ3n) is 1.72. The van der Waals surface area contributed by atoms with Crippen molar-refractivity contribution in [3.05, 3.63) is 23.3 Å². The molecule has 0 saturated heterocycles. The smallest absolute Gasteiger partial charge is 0.349 e. The number of nitrogens with zero attached hydrogens (tertiary/aromatic N) is 1. The fraction of sp³-hybridized carbons (Fsp3) is 0.500. The Kier molecular flexibility index (Phi) is 6.12. The predicted molar refractivity (Wildman–Crippen MR) is 58.9 cm³/mol. The van der Waals surface area contributed by atoms with E-state index < -0.39 is 5.97 Å². The molecular weight excluding hydrogens is 190 g/mol. The van der Waals surface area contributed by atoms with Crippen molar-refractivity contribution in [1.82, 2.24) is 0 Å². The van der Waals surface area contributed by atoms with Crippen molar-refractivity contribution < 1.29 is 9.53 Å². The summed E-state index contributed by atoms with van der Waals surface area (Å²) in [6, 6.07) is 1.86. The normalized spacial score (nSPS) is 12.5. The monoisotopic (exact) mass is 207 g/mol. The quantitative estimate of drug-likeness (QED) is 0.308. The Labute approximate surface area is 91.0 Å². The third-order valence-corrected chi connectivity index (χ3v) is 1.72. The number of hydrogen-bond acceptors (Lipinski definition) is 3. The van der Waals surface area contributed by atoms with Crippen LogP contribution in [0.25, 0.3) is 0 Å². The van der Waals surface area contributed by atoms with E-state index in [1.165, 1.54) is 0 Å². The molecule has 0 fully saturated rings. The molecule has 0 aromatic heterocycles. The molecule has 0 N–H and O–H groups in total. The summed E-state index contributed by atoms with van der Waals surface area (Å²) in [6.07, 6.45) is 3.71. The Bertz CT molecular complexity index is 319. The van der Waals surface area contributed by atoms with Gasteiger partial charge in [0.25, 0.3) is 0 Å². The van der Waals surface area contributed by atoms with Crippen molar-refractivity contribution in [3.8, 4) is 6.07 Å². The lowest BCUT2D eigenvalue weighted by Crippen LogP contribution is -2.07. The first-order chi connectivity index (χ1) is 7.02. The van der Waals surface area contributed by atoms with E-state index in [9.17, 15) is 4.79 Å². The summed E-state index contributed by atoms with van der Waals surface area (Å²) in [5.74, 6) is -0.159. The predicted octanol–water partition coefficient (Wildman–Crippen LogP) is 2.60. The molecule has 0 atom stereocenters. The zero-order valence-corrected chi connectivity index (χ0v) is 9.70. The van der Waals surface area contributed by atoms with Crippen LogP contribution in [0.3, 0.4) is 0 Å². The Hall–Kier alpha value is -1.56. The van der Waals surface area contributed by atoms with E-state index in [4.69, 9.17) is 10.00 Å². The molecule has 0 heterocycles. The molecule has 0 unspecified atom stereocenters. The van der Waals surface area contributed by atoms with Crippen LogP contribution in [0.1, 0.15) is 27.7 Å². The Balaban J connectivity index is 4.84. The van der Waals surface area contributed by atoms with Crippen molar-refractivity contribution >= 4 is 5.97 Å². The Morgan fingerprint density at radius 1 is 1.53 bits per heavy atom. The van der Waals surface area contributed by atoms with Crippen LogP contribution in [0.4, 0.5) is 0 Å². The lowest BCUT2D eigenvalue weighted by atomic mass is 10.1. The van der Waals surface area contributed by atoms with E-state index in [1.807, 2.05) is 26.0 Å². The van der Waals surface area contributed by atoms with Gasteiger partial charge in [-0.2, -0.15) is 5.26 Å². The fourth-order valence-electron chi connectivity index (χ4n) is 0.918. The van der Waals surface area contributed by atoms with Crippen LogP contribution >= 0.6 is 0 Å². The third kappa shape index (κ3) is 5.02. The van der Waals surface area contributed by atoms with Crippen LogP contribution in [-0.2, 0) is 9.53 Å². The summed E-state index contributed by atoms with van der Waals surface area (Å²) >= 11 is 0. The Morgan fingerprint density at radius 3 is 2.53 bits per heavy atom. The maximum absolute atomic E-state index is 11.3. The number of nitriles is 1. The van der Waals surface area contributed by atoms with E-state index in [0.29, 0.717) is 11.5 Å². The van der Waals surface area contributed by atoms with Gasteiger partial charge in [-0.05, 0) is 25.3 Å². The number of esters is 1. The second-order valence-electron chi connectivity index (χ2n) is 3.49. The van der Waals surface area contributed by atoms with Crippen LogP contribution in [0.2, 0.25) is 0 Å². The van der Waals surface area contributed by atoms with Gasteiger partial charge in [0.15, 0.2) is 0 Å². The number of hydrogen-bond donors (Lipinski definition) is 0. The molecule has 0 aliphatic heterocycles. The number of carbonyl (C=O) groups excluding carboxylic acids is 1. The zero-order valence-electron chi connectivity index (χ0n) is 9.70. The number of carbonyl (C=O) groups is 1. The average Bonchev–Trinajstić information content (AvgIpc) is 2.16. The van der Waals surface area contributed by atoms with Gasteiger partial charge in [0.2, 0.25) is 0 Å². The number of ether oxygens (including phenoxy) is 1. The van der Waals surface area contributed by atoms with Gasteiger partial charge in [-0.25, -0.2) is 4.79 Å². The Morgan fingerprint density at radius 2 is 2.13 bits per heavy atom. The summed E-state index contributed by atoms with van der Waals surface area (Å²) in [6.45, 7) is 7.78. The minimum absolute atomic E-state index is 0.0775. The topological polar surface area (TPSA) is 50.1 Å². The van der Waals surface area contributed by atoms with E-state index in [0.717, 1.165) is 0 Å². The maximum atomic E-state index is 11.3. The van der Waals surface area contributed by atoms with E-state index in [-0.39, 0.29) is 12.2 Å². The van der Waals surface area contributed by atoms with Gasteiger partial charge in [-0.1, -0.05) is 26.0 Å². The first-order valence-corrected chi connectivity index (χ1v) is 4.99. The molecule has 3 heteroatoms. The van der Waals surface area contributed by atoms with Crippen molar-refractivity contribution in [2.45, 2.75) is 27.7 Å². The van der Waals surface area contributed by atoms with Crippen molar-refractivity contribution in [2.24, 2.45) is 5.92 Å². The molecule has 0 spiro atoms. The summed E-state index contributed by atoms with van der Waals surface area (Å²) in [4.78, 5) is 11.3. The molecule has 0 aromatic rings. The molecule has 0 radical (unpaired) electrons. The van der Waals surface area contributed by atoms with Crippen molar-refractivity contribution in [2.75, 3.05) is 6.61 Å². The molecule has 0 saturated carbocycles. The minimum atomic E-state index is -0.550. The summed E-state index contributed by atoms with van der Waals surface area (Å²) < 4.78 is 4.77.